The van der Waals surface area contributed by atoms with E-state index in [0.717, 1.165) is 44.7 Å². The summed E-state index contributed by atoms with van der Waals surface area (Å²) in [4.78, 5) is 15.8. The molecule has 2 aliphatic rings. The number of likely N-dealkylation sites (tertiary alicyclic amines) is 1. The zero-order valence-electron chi connectivity index (χ0n) is 14.5. The molecule has 0 spiro atoms. The first-order valence-corrected chi connectivity index (χ1v) is 10.2. The van der Waals surface area contributed by atoms with Crippen molar-refractivity contribution >= 4 is 29.7 Å². The molecule has 3 nitrogen and oxygen atoms in total. The van der Waals surface area contributed by atoms with E-state index in [-0.39, 0.29) is 12.4 Å². The fourth-order valence-electron chi connectivity index (χ4n) is 3.35. The van der Waals surface area contributed by atoms with Gasteiger partial charge in [-0.1, -0.05) is 12.5 Å². The van der Waals surface area contributed by atoms with Crippen LogP contribution in [-0.4, -0.2) is 36.5 Å². The van der Waals surface area contributed by atoms with Gasteiger partial charge in [0.2, 0.25) is 5.91 Å². The van der Waals surface area contributed by atoms with Crippen molar-refractivity contribution in [2.24, 2.45) is 5.92 Å². The minimum atomic E-state index is 0. The Morgan fingerprint density at radius 3 is 2.62 bits per heavy atom. The molecular formula is C19H31ClN2OS. The molecule has 136 valence electrons. The highest BCUT2D eigenvalue weighted by Gasteiger charge is 2.25. The van der Waals surface area contributed by atoms with Crippen LogP contribution in [0.2, 0.25) is 0 Å². The zero-order chi connectivity index (χ0) is 15.9. The number of rotatable bonds is 9. The molecule has 0 unspecified atom stereocenters. The summed E-state index contributed by atoms with van der Waals surface area (Å²) < 4.78 is 0. The number of piperidine rings is 1. The standard InChI is InChI=1S/C19H30N2OS.ClH/c22-19(7-3-1-2-5-18-6-4-14-23-18)21-12-10-17(11-13-21)20-15-16-8-9-16;/h4,6,14,16-17,20H,1-3,5,7-13,15H2;1H. The summed E-state index contributed by atoms with van der Waals surface area (Å²) in [6, 6.07) is 4.97. The number of hydrogen-bond acceptors (Lipinski definition) is 3. The molecule has 0 bridgehead atoms. The van der Waals surface area contributed by atoms with Crippen LogP contribution < -0.4 is 5.32 Å². The van der Waals surface area contributed by atoms with Gasteiger partial charge in [0.05, 0.1) is 0 Å². The molecule has 1 saturated heterocycles. The average Bonchev–Trinajstić information content (AvgIpc) is 3.27. The predicted octanol–water partition coefficient (Wildman–Crippen LogP) is 4.26. The molecule has 1 amide bonds. The molecule has 2 fully saturated rings. The third-order valence-electron chi connectivity index (χ3n) is 5.13. The summed E-state index contributed by atoms with van der Waals surface area (Å²) >= 11 is 1.84. The normalized spacial score (nSPS) is 18.4. The molecule has 1 aromatic rings. The number of amides is 1. The van der Waals surface area contributed by atoms with Crippen molar-refractivity contribution in [2.45, 2.75) is 63.8 Å². The van der Waals surface area contributed by atoms with Gasteiger partial charge in [0, 0.05) is 30.4 Å². The number of unbranched alkanes of at least 4 members (excludes halogenated alkanes) is 2. The molecule has 1 aliphatic carbocycles. The van der Waals surface area contributed by atoms with E-state index in [4.69, 9.17) is 0 Å². The number of hydrogen-bond donors (Lipinski definition) is 1. The van der Waals surface area contributed by atoms with Crippen molar-refractivity contribution in [3.63, 3.8) is 0 Å². The van der Waals surface area contributed by atoms with Gasteiger partial charge in [-0.3, -0.25) is 4.79 Å². The Morgan fingerprint density at radius 2 is 1.96 bits per heavy atom. The van der Waals surface area contributed by atoms with Crippen molar-refractivity contribution in [1.82, 2.24) is 10.2 Å². The van der Waals surface area contributed by atoms with Gasteiger partial charge >= 0.3 is 0 Å². The first kappa shape index (κ1) is 19.7. The molecule has 1 saturated carbocycles. The lowest BCUT2D eigenvalue weighted by atomic mass is 10.0. The van der Waals surface area contributed by atoms with Crippen LogP contribution in [0.3, 0.4) is 0 Å². The minimum Gasteiger partial charge on any atom is -0.343 e. The van der Waals surface area contributed by atoms with Gasteiger partial charge in [0.15, 0.2) is 0 Å². The molecule has 1 aliphatic heterocycles. The molecule has 1 aromatic heterocycles. The van der Waals surface area contributed by atoms with Crippen LogP contribution in [0, 0.1) is 5.92 Å². The Morgan fingerprint density at radius 1 is 1.17 bits per heavy atom. The van der Waals surface area contributed by atoms with E-state index < -0.39 is 0 Å². The summed E-state index contributed by atoms with van der Waals surface area (Å²) in [5, 5.41) is 5.82. The number of nitrogens with one attached hydrogen (secondary N) is 1. The zero-order valence-corrected chi connectivity index (χ0v) is 16.2. The topological polar surface area (TPSA) is 32.3 Å². The smallest absolute Gasteiger partial charge is 0.222 e. The number of halogens is 1. The van der Waals surface area contributed by atoms with E-state index in [2.05, 4.69) is 27.7 Å². The number of thiophene rings is 1. The van der Waals surface area contributed by atoms with E-state index in [1.807, 2.05) is 11.3 Å². The first-order valence-electron chi connectivity index (χ1n) is 9.35. The Kier molecular flexibility index (Phi) is 8.57. The molecule has 5 heteroatoms. The van der Waals surface area contributed by atoms with Crippen molar-refractivity contribution in [2.75, 3.05) is 19.6 Å². The third-order valence-corrected chi connectivity index (χ3v) is 6.07. The third kappa shape index (κ3) is 6.73. The highest BCUT2D eigenvalue weighted by atomic mass is 35.5. The summed E-state index contributed by atoms with van der Waals surface area (Å²) in [5.74, 6) is 1.32. The van der Waals surface area contributed by atoms with Crippen molar-refractivity contribution in [3.05, 3.63) is 22.4 Å². The maximum Gasteiger partial charge on any atom is 0.222 e. The number of aryl methyl sites for hydroxylation is 1. The fraction of sp³-hybridized carbons (Fsp3) is 0.737. The Labute approximate surface area is 156 Å². The van der Waals surface area contributed by atoms with Gasteiger partial charge in [-0.15, -0.1) is 23.7 Å². The van der Waals surface area contributed by atoms with Crippen molar-refractivity contribution in [3.8, 4) is 0 Å². The lowest BCUT2D eigenvalue weighted by Gasteiger charge is -2.32. The highest BCUT2D eigenvalue weighted by molar-refractivity contribution is 7.09. The van der Waals surface area contributed by atoms with Crippen LogP contribution in [0.25, 0.3) is 0 Å². The second-order valence-electron chi connectivity index (χ2n) is 7.15. The van der Waals surface area contributed by atoms with E-state index in [0.29, 0.717) is 11.9 Å². The number of nitrogens with zero attached hydrogens (tertiary/aromatic N) is 1. The van der Waals surface area contributed by atoms with Gasteiger partial charge in [-0.25, -0.2) is 0 Å². The molecule has 2 heterocycles. The van der Waals surface area contributed by atoms with Crippen LogP contribution in [-0.2, 0) is 11.2 Å². The molecule has 1 N–H and O–H groups in total. The summed E-state index contributed by atoms with van der Waals surface area (Å²) in [6.07, 6.45) is 10.4. The molecule has 0 atom stereocenters. The van der Waals surface area contributed by atoms with Gasteiger partial charge in [-0.2, -0.15) is 0 Å². The second kappa shape index (κ2) is 10.4. The quantitative estimate of drug-likeness (QED) is 0.658. The lowest BCUT2D eigenvalue weighted by molar-refractivity contribution is -0.132. The maximum absolute atomic E-state index is 12.3. The average molecular weight is 371 g/mol. The summed E-state index contributed by atoms with van der Waals surface area (Å²) in [5.41, 5.74) is 0. The van der Waals surface area contributed by atoms with Crippen LogP contribution >= 0.6 is 23.7 Å². The minimum absolute atomic E-state index is 0. The Hall–Kier alpha value is -0.580. The lowest BCUT2D eigenvalue weighted by Crippen LogP contribution is -2.45. The van der Waals surface area contributed by atoms with Crippen LogP contribution in [0.5, 0.6) is 0 Å². The Bertz CT molecular complexity index is 468. The van der Waals surface area contributed by atoms with Crippen molar-refractivity contribution < 1.29 is 4.79 Å². The first-order chi connectivity index (χ1) is 11.3. The Balaban J connectivity index is 0.00000208. The van der Waals surface area contributed by atoms with Crippen LogP contribution in [0.4, 0.5) is 0 Å². The fourth-order valence-corrected chi connectivity index (χ4v) is 4.10. The van der Waals surface area contributed by atoms with Gasteiger partial charge < -0.3 is 10.2 Å². The number of carbonyl (C=O) groups is 1. The largest absolute Gasteiger partial charge is 0.343 e. The van der Waals surface area contributed by atoms with E-state index >= 15 is 0 Å². The highest BCUT2D eigenvalue weighted by Crippen LogP contribution is 2.28. The van der Waals surface area contributed by atoms with E-state index in [1.54, 1.807) is 0 Å². The van der Waals surface area contributed by atoms with Crippen LogP contribution in [0.1, 0.15) is 56.2 Å². The summed E-state index contributed by atoms with van der Waals surface area (Å²) in [7, 11) is 0. The van der Waals surface area contributed by atoms with Crippen molar-refractivity contribution in [1.29, 1.82) is 0 Å². The second-order valence-corrected chi connectivity index (χ2v) is 8.18. The molecule has 0 radical (unpaired) electrons. The molecular weight excluding hydrogens is 340 g/mol. The number of carbonyl (C=O) groups excluding carboxylic acids is 1. The monoisotopic (exact) mass is 370 g/mol. The summed E-state index contributed by atoms with van der Waals surface area (Å²) in [6.45, 7) is 3.11. The predicted molar refractivity (Wildman–Crippen MR) is 104 cm³/mol. The molecule has 3 rings (SSSR count). The SMILES string of the molecule is Cl.O=C(CCCCCc1cccs1)N1CCC(NCC2CC2)CC1. The van der Waals surface area contributed by atoms with Gasteiger partial charge in [-0.05, 0) is 68.9 Å². The van der Waals surface area contributed by atoms with Gasteiger partial charge in [0.1, 0.15) is 0 Å². The molecule has 24 heavy (non-hydrogen) atoms. The maximum atomic E-state index is 12.3. The van der Waals surface area contributed by atoms with E-state index in [1.165, 1.54) is 43.5 Å². The molecule has 0 aromatic carbocycles. The van der Waals surface area contributed by atoms with Gasteiger partial charge in [0.25, 0.3) is 0 Å². The van der Waals surface area contributed by atoms with E-state index in [9.17, 15) is 4.79 Å². The van der Waals surface area contributed by atoms with Crippen LogP contribution in [0.15, 0.2) is 17.5 Å².